The van der Waals surface area contributed by atoms with Crippen molar-refractivity contribution in [3.63, 3.8) is 0 Å². The van der Waals surface area contributed by atoms with Crippen LogP contribution in [-0.2, 0) is 4.79 Å². The first-order valence-corrected chi connectivity index (χ1v) is 8.82. The van der Waals surface area contributed by atoms with E-state index in [1.54, 1.807) is 31.4 Å². The molecule has 2 aliphatic rings. The Bertz CT molecular complexity index is 608. The number of rotatable bonds is 4. The second kappa shape index (κ2) is 7.24. The zero-order valence-corrected chi connectivity index (χ0v) is 14.3. The van der Waals surface area contributed by atoms with Crippen molar-refractivity contribution in [1.29, 1.82) is 0 Å². The molecule has 1 saturated carbocycles. The Kier molecular flexibility index (Phi) is 5.07. The summed E-state index contributed by atoms with van der Waals surface area (Å²) < 4.78 is 5.12. The summed E-state index contributed by atoms with van der Waals surface area (Å²) in [6.45, 7) is 1.75. The molecule has 0 aromatic heterocycles. The van der Waals surface area contributed by atoms with Gasteiger partial charge in [-0.05, 0) is 42.9 Å². The monoisotopic (exact) mass is 330 g/mol. The number of hydrogen-bond donors (Lipinski definition) is 1. The van der Waals surface area contributed by atoms with Crippen molar-refractivity contribution in [3.05, 3.63) is 29.8 Å². The van der Waals surface area contributed by atoms with Crippen LogP contribution in [-0.4, -0.2) is 43.5 Å². The number of nitrogens with one attached hydrogen (secondary N) is 1. The van der Waals surface area contributed by atoms with Crippen LogP contribution in [0.3, 0.4) is 0 Å². The van der Waals surface area contributed by atoms with Gasteiger partial charge >= 0.3 is 0 Å². The summed E-state index contributed by atoms with van der Waals surface area (Å²) in [5, 5.41) is 2.73. The number of likely N-dealkylation sites (tertiary alicyclic amines) is 1. The fourth-order valence-electron chi connectivity index (χ4n) is 3.99. The zero-order chi connectivity index (χ0) is 17.0. The van der Waals surface area contributed by atoms with Crippen LogP contribution in [0.4, 0.5) is 0 Å². The van der Waals surface area contributed by atoms with Crippen molar-refractivity contribution >= 4 is 11.8 Å². The molecule has 1 N–H and O–H groups in total. The van der Waals surface area contributed by atoms with Gasteiger partial charge in [-0.2, -0.15) is 0 Å². The van der Waals surface area contributed by atoms with Crippen LogP contribution in [0.15, 0.2) is 24.3 Å². The highest BCUT2D eigenvalue weighted by molar-refractivity contribution is 5.96. The number of carbonyl (C=O) groups excluding carboxylic acids is 2. The molecule has 3 rings (SSSR count). The molecular weight excluding hydrogens is 304 g/mol. The van der Waals surface area contributed by atoms with Gasteiger partial charge in [0, 0.05) is 18.7 Å². The summed E-state index contributed by atoms with van der Waals surface area (Å²) in [7, 11) is 1.56. The van der Waals surface area contributed by atoms with E-state index in [1.165, 1.54) is 32.1 Å². The fraction of sp³-hybridized carbons (Fsp3) is 0.579. The molecule has 0 radical (unpaired) electrons. The first-order valence-electron chi connectivity index (χ1n) is 8.82. The van der Waals surface area contributed by atoms with Crippen LogP contribution in [0.5, 0.6) is 5.75 Å². The van der Waals surface area contributed by atoms with Gasteiger partial charge in [0.25, 0.3) is 5.91 Å². The fourth-order valence-corrected chi connectivity index (χ4v) is 3.99. The molecule has 5 nitrogen and oxygen atoms in total. The van der Waals surface area contributed by atoms with Gasteiger partial charge in [0.1, 0.15) is 5.75 Å². The normalized spacial score (nSPS) is 19.3. The molecule has 2 fully saturated rings. The SMILES string of the molecule is COc1cccc(C(=O)NCC(=O)N2CCC3(CCCCC3)C2)c1. The first kappa shape index (κ1) is 16.8. The number of amides is 2. The highest BCUT2D eigenvalue weighted by Crippen LogP contribution is 2.43. The molecule has 1 saturated heterocycles. The predicted molar refractivity (Wildman–Crippen MR) is 92.0 cm³/mol. The van der Waals surface area contributed by atoms with Gasteiger partial charge in [-0.1, -0.05) is 25.3 Å². The van der Waals surface area contributed by atoms with E-state index in [0.29, 0.717) is 16.7 Å². The molecule has 24 heavy (non-hydrogen) atoms. The number of methoxy groups -OCH3 is 1. The summed E-state index contributed by atoms with van der Waals surface area (Å²) in [4.78, 5) is 26.5. The third-order valence-electron chi connectivity index (χ3n) is 5.44. The maximum atomic E-state index is 12.4. The van der Waals surface area contributed by atoms with Gasteiger partial charge in [-0.15, -0.1) is 0 Å². The smallest absolute Gasteiger partial charge is 0.251 e. The van der Waals surface area contributed by atoms with Crippen molar-refractivity contribution in [2.75, 3.05) is 26.7 Å². The number of ether oxygens (including phenoxy) is 1. The number of benzene rings is 1. The average Bonchev–Trinajstić information content (AvgIpc) is 3.03. The largest absolute Gasteiger partial charge is 0.497 e. The number of carbonyl (C=O) groups is 2. The Morgan fingerprint density at radius 2 is 2.00 bits per heavy atom. The summed E-state index contributed by atoms with van der Waals surface area (Å²) in [6.07, 6.45) is 7.50. The molecule has 0 atom stereocenters. The van der Waals surface area contributed by atoms with E-state index >= 15 is 0 Å². The number of nitrogens with zero attached hydrogens (tertiary/aromatic N) is 1. The van der Waals surface area contributed by atoms with Crippen molar-refractivity contribution < 1.29 is 14.3 Å². The Morgan fingerprint density at radius 3 is 2.75 bits per heavy atom. The third-order valence-corrected chi connectivity index (χ3v) is 5.44. The lowest BCUT2D eigenvalue weighted by Gasteiger charge is -2.33. The van der Waals surface area contributed by atoms with E-state index in [2.05, 4.69) is 5.32 Å². The molecule has 5 heteroatoms. The second-order valence-corrected chi connectivity index (χ2v) is 7.04. The Labute approximate surface area is 143 Å². The summed E-state index contributed by atoms with van der Waals surface area (Å²) in [5.74, 6) is 0.412. The lowest BCUT2D eigenvalue weighted by atomic mass is 9.73. The maximum Gasteiger partial charge on any atom is 0.251 e. The molecule has 1 aromatic carbocycles. The van der Waals surface area contributed by atoms with E-state index in [9.17, 15) is 9.59 Å². The molecular formula is C19H26N2O3. The van der Waals surface area contributed by atoms with E-state index < -0.39 is 0 Å². The van der Waals surface area contributed by atoms with Gasteiger partial charge in [-0.25, -0.2) is 0 Å². The molecule has 2 amide bonds. The lowest BCUT2D eigenvalue weighted by Crippen LogP contribution is -2.40. The molecule has 1 heterocycles. The molecule has 1 aromatic rings. The Hall–Kier alpha value is -2.04. The summed E-state index contributed by atoms with van der Waals surface area (Å²) in [6, 6.07) is 6.94. The number of hydrogen-bond acceptors (Lipinski definition) is 3. The van der Waals surface area contributed by atoms with Crippen molar-refractivity contribution in [3.8, 4) is 5.75 Å². The molecule has 0 bridgehead atoms. The van der Waals surface area contributed by atoms with Crippen LogP contribution in [0.25, 0.3) is 0 Å². The Balaban J connectivity index is 1.51. The van der Waals surface area contributed by atoms with Crippen molar-refractivity contribution in [1.82, 2.24) is 10.2 Å². The van der Waals surface area contributed by atoms with Crippen LogP contribution < -0.4 is 10.1 Å². The summed E-state index contributed by atoms with van der Waals surface area (Å²) >= 11 is 0. The first-order chi connectivity index (χ1) is 11.6. The molecule has 0 unspecified atom stereocenters. The molecule has 1 aliphatic heterocycles. The maximum absolute atomic E-state index is 12.4. The third kappa shape index (κ3) is 3.71. The van der Waals surface area contributed by atoms with E-state index in [1.807, 2.05) is 4.90 Å². The van der Waals surface area contributed by atoms with Gasteiger partial charge in [0.05, 0.1) is 13.7 Å². The lowest BCUT2D eigenvalue weighted by molar-refractivity contribution is -0.129. The van der Waals surface area contributed by atoms with Crippen LogP contribution in [0.1, 0.15) is 48.9 Å². The summed E-state index contributed by atoms with van der Waals surface area (Å²) in [5.41, 5.74) is 0.859. The van der Waals surface area contributed by atoms with Crippen LogP contribution in [0.2, 0.25) is 0 Å². The molecule has 1 aliphatic carbocycles. The van der Waals surface area contributed by atoms with E-state index in [-0.39, 0.29) is 18.4 Å². The average molecular weight is 330 g/mol. The minimum atomic E-state index is -0.242. The van der Waals surface area contributed by atoms with Crippen LogP contribution in [0, 0.1) is 5.41 Å². The zero-order valence-electron chi connectivity index (χ0n) is 14.3. The van der Waals surface area contributed by atoms with Crippen molar-refractivity contribution in [2.45, 2.75) is 38.5 Å². The quantitative estimate of drug-likeness (QED) is 0.923. The Morgan fingerprint density at radius 1 is 1.21 bits per heavy atom. The van der Waals surface area contributed by atoms with Gasteiger partial charge in [0.2, 0.25) is 5.91 Å². The predicted octanol–water partition coefficient (Wildman–Crippen LogP) is 2.61. The van der Waals surface area contributed by atoms with Gasteiger partial charge < -0.3 is 15.0 Å². The highest BCUT2D eigenvalue weighted by atomic mass is 16.5. The topological polar surface area (TPSA) is 58.6 Å². The van der Waals surface area contributed by atoms with Crippen LogP contribution >= 0.6 is 0 Å². The second-order valence-electron chi connectivity index (χ2n) is 7.04. The minimum Gasteiger partial charge on any atom is -0.497 e. The van der Waals surface area contributed by atoms with Crippen molar-refractivity contribution in [2.24, 2.45) is 5.41 Å². The highest BCUT2D eigenvalue weighted by Gasteiger charge is 2.40. The molecule has 130 valence electrons. The van der Waals surface area contributed by atoms with Gasteiger partial charge in [0.15, 0.2) is 0 Å². The van der Waals surface area contributed by atoms with Gasteiger partial charge in [-0.3, -0.25) is 9.59 Å². The standard InChI is InChI=1S/C19H26N2O3/c1-24-16-7-5-6-15(12-16)18(23)20-13-17(22)21-11-10-19(14-21)8-3-2-4-9-19/h5-7,12H,2-4,8-11,13-14H2,1H3,(H,20,23). The minimum absolute atomic E-state index is 0.0219. The molecule has 1 spiro atoms. The van der Waals surface area contributed by atoms with E-state index in [0.717, 1.165) is 19.5 Å². The van der Waals surface area contributed by atoms with E-state index in [4.69, 9.17) is 4.74 Å².